The molecule has 3 aliphatic heterocycles. The van der Waals surface area contributed by atoms with Crippen LogP contribution < -0.4 is 0 Å². The fourth-order valence-corrected chi connectivity index (χ4v) is 10.4. The summed E-state index contributed by atoms with van der Waals surface area (Å²) in [5.41, 5.74) is -0.825. The van der Waals surface area contributed by atoms with E-state index < -0.39 is 39.3 Å². The lowest BCUT2D eigenvalue weighted by Gasteiger charge is -2.52. The van der Waals surface area contributed by atoms with Crippen LogP contribution in [0.3, 0.4) is 0 Å². The number of hydrogen-bond acceptors (Lipinski definition) is 9. The molecule has 0 saturated carbocycles. The first kappa shape index (κ1) is 24.6. The van der Waals surface area contributed by atoms with E-state index in [2.05, 4.69) is 0 Å². The molecule has 0 aliphatic carbocycles. The summed E-state index contributed by atoms with van der Waals surface area (Å²) in [5.74, 6) is -1.69. The number of amides is 1. The number of rotatable bonds is 9. The van der Waals surface area contributed by atoms with Gasteiger partial charge in [-0.05, 0) is 45.2 Å². The molecule has 0 spiro atoms. The second kappa shape index (κ2) is 9.86. The fraction of sp³-hybridized carbons (Fsp3) is 0.750. The van der Waals surface area contributed by atoms with Crippen molar-refractivity contribution in [2.45, 2.75) is 75.8 Å². The van der Waals surface area contributed by atoms with Gasteiger partial charge >= 0.3 is 11.9 Å². The van der Waals surface area contributed by atoms with E-state index in [0.29, 0.717) is 17.1 Å². The van der Waals surface area contributed by atoms with E-state index in [9.17, 15) is 24.3 Å². The van der Waals surface area contributed by atoms with Crippen LogP contribution in [-0.4, -0.2) is 65.2 Å². The number of β-lactam (4-membered cyclic amide) rings is 1. The van der Waals surface area contributed by atoms with Crippen LogP contribution in [0, 0.1) is 11.3 Å². The number of aliphatic hydroxyl groups is 1. The number of carbonyl (C=O) groups is 3. The lowest BCUT2D eigenvalue weighted by Crippen LogP contribution is -2.68. The predicted molar refractivity (Wildman–Crippen MR) is 121 cm³/mol. The SMILES string of the molecule is CCC(CC)C(=O)OCOC(=O)C1=C(S[C@H]2CC[SiH](O)C2)S[C@H]2N1C(=O)[C@]2(C)[C@@H](C)O. The third-order valence-corrected chi connectivity index (χ3v) is 12.0. The minimum atomic E-state index is -1.68. The zero-order valence-electron chi connectivity index (χ0n) is 18.3. The van der Waals surface area contributed by atoms with E-state index in [1.54, 1.807) is 13.8 Å². The molecule has 0 radical (unpaired) electrons. The molecule has 3 rings (SSSR count). The zero-order chi connectivity index (χ0) is 22.9. The van der Waals surface area contributed by atoms with Crippen LogP contribution in [-0.2, 0) is 23.9 Å². The van der Waals surface area contributed by atoms with Crippen molar-refractivity contribution in [3.63, 3.8) is 0 Å². The van der Waals surface area contributed by atoms with Gasteiger partial charge in [-0.25, -0.2) is 4.79 Å². The summed E-state index contributed by atoms with van der Waals surface area (Å²) >= 11 is 2.89. The minimum absolute atomic E-state index is 0.157. The van der Waals surface area contributed by atoms with Crippen LogP contribution in [0.25, 0.3) is 0 Å². The van der Waals surface area contributed by atoms with E-state index in [1.807, 2.05) is 13.8 Å². The maximum atomic E-state index is 12.9. The van der Waals surface area contributed by atoms with Gasteiger partial charge in [0.15, 0.2) is 14.7 Å². The third-order valence-electron chi connectivity index (χ3n) is 6.48. The van der Waals surface area contributed by atoms with Crippen LogP contribution in [0.1, 0.15) is 47.0 Å². The van der Waals surface area contributed by atoms with Gasteiger partial charge in [-0.2, -0.15) is 0 Å². The second-order valence-electron chi connectivity index (χ2n) is 8.47. The molecule has 1 unspecified atom stereocenters. The highest BCUT2D eigenvalue weighted by Crippen LogP contribution is 2.60. The van der Waals surface area contributed by atoms with Gasteiger partial charge in [-0.15, -0.1) is 11.8 Å². The number of hydrogen-bond donors (Lipinski definition) is 2. The highest BCUT2D eigenvalue weighted by molar-refractivity contribution is 8.23. The Morgan fingerprint density at radius 1 is 1.35 bits per heavy atom. The molecular formula is C20H31NO7S2Si. The van der Waals surface area contributed by atoms with Crippen molar-refractivity contribution < 1.29 is 33.8 Å². The van der Waals surface area contributed by atoms with Gasteiger partial charge in [0.2, 0.25) is 12.7 Å². The maximum absolute atomic E-state index is 12.9. The Hall–Kier alpha value is -1.01. The van der Waals surface area contributed by atoms with Gasteiger partial charge < -0.3 is 19.4 Å². The third kappa shape index (κ3) is 4.57. The van der Waals surface area contributed by atoms with Crippen LogP contribution >= 0.6 is 23.5 Å². The average Bonchev–Trinajstić information content (AvgIpc) is 3.30. The molecule has 2 N–H and O–H groups in total. The molecule has 3 aliphatic rings. The molecule has 2 fully saturated rings. The van der Waals surface area contributed by atoms with Gasteiger partial charge in [-0.3, -0.25) is 14.5 Å². The first-order valence-electron chi connectivity index (χ1n) is 10.8. The van der Waals surface area contributed by atoms with Gasteiger partial charge in [-0.1, -0.05) is 25.6 Å². The Balaban J connectivity index is 1.73. The van der Waals surface area contributed by atoms with E-state index >= 15 is 0 Å². The van der Waals surface area contributed by atoms with Crippen molar-refractivity contribution in [1.82, 2.24) is 4.90 Å². The van der Waals surface area contributed by atoms with E-state index in [-0.39, 0.29) is 28.1 Å². The van der Waals surface area contributed by atoms with Crippen LogP contribution in [0.15, 0.2) is 9.93 Å². The number of thioether (sulfide) groups is 2. The van der Waals surface area contributed by atoms with Crippen molar-refractivity contribution in [3.05, 3.63) is 9.93 Å². The van der Waals surface area contributed by atoms with Gasteiger partial charge in [0.25, 0.3) is 0 Å². The summed E-state index contributed by atoms with van der Waals surface area (Å²) < 4.78 is 11.0. The number of ether oxygens (including phenoxy) is 2. The standard InChI is InChI=1S/C20H31NO7S2Si/c1-5-12(6-2)15(23)27-10-28-16(24)14-17(29-13-7-8-31(26)9-13)30-19-20(4,11(3)22)18(25)21(14)19/h11-13,19,22,26,31H,5-10H2,1-4H3/t11-,13+,19-,20+,31?/m1/s1. The maximum Gasteiger partial charge on any atom is 0.359 e. The second-order valence-corrected chi connectivity index (χ2v) is 13.5. The number of fused-ring (bicyclic) bond motifs is 1. The van der Waals surface area contributed by atoms with Crippen molar-refractivity contribution >= 4 is 50.4 Å². The molecule has 1 amide bonds. The van der Waals surface area contributed by atoms with Gasteiger partial charge in [0.05, 0.1) is 16.3 Å². The topological polar surface area (TPSA) is 113 Å². The van der Waals surface area contributed by atoms with Gasteiger partial charge in [0.1, 0.15) is 10.8 Å². The number of nitrogens with zero attached hydrogens (tertiary/aromatic N) is 1. The Labute approximate surface area is 192 Å². The predicted octanol–water partition coefficient (Wildman–Crippen LogP) is 2.16. The smallest absolute Gasteiger partial charge is 0.359 e. The molecule has 0 bridgehead atoms. The summed E-state index contributed by atoms with van der Waals surface area (Å²) in [5, 5.41) is 10.0. The number of esters is 2. The zero-order valence-corrected chi connectivity index (χ0v) is 21.1. The monoisotopic (exact) mass is 489 g/mol. The van der Waals surface area contributed by atoms with Crippen molar-refractivity contribution in [3.8, 4) is 0 Å². The van der Waals surface area contributed by atoms with Crippen LogP contribution in [0.4, 0.5) is 0 Å². The molecular weight excluding hydrogens is 458 g/mol. The lowest BCUT2D eigenvalue weighted by atomic mass is 9.75. The van der Waals surface area contributed by atoms with Crippen molar-refractivity contribution in [1.29, 1.82) is 0 Å². The Bertz CT molecular complexity index is 773. The van der Waals surface area contributed by atoms with Crippen molar-refractivity contribution in [2.24, 2.45) is 11.3 Å². The summed E-state index contributed by atoms with van der Waals surface area (Å²) in [6.07, 6.45) is 1.30. The number of carbonyl (C=O) groups excluding carboxylic acids is 3. The molecule has 11 heteroatoms. The Kier molecular flexibility index (Phi) is 7.83. The van der Waals surface area contributed by atoms with Crippen LogP contribution in [0.5, 0.6) is 0 Å². The fourth-order valence-electron chi connectivity index (χ4n) is 4.10. The molecule has 2 saturated heterocycles. The molecule has 8 nitrogen and oxygen atoms in total. The minimum Gasteiger partial charge on any atom is -0.435 e. The highest BCUT2D eigenvalue weighted by atomic mass is 32.2. The van der Waals surface area contributed by atoms with Crippen molar-refractivity contribution in [2.75, 3.05) is 6.79 Å². The summed E-state index contributed by atoms with van der Waals surface area (Å²) in [7, 11) is -1.68. The largest absolute Gasteiger partial charge is 0.435 e. The normalized spacial score (nSPS) is 31.0. The Morgan fingerprint density at radius 3 is 2.58 bits per heavy atom. The summed E-state index contributed by atoms with van der Waals surface area (Å²) in [4.78, 5) is 49.2. The average molecular weight is 490 g/mol. The highest BCUT2D eigenvalue weighted by Gasteiger charge is 2.66. The summed E-state index contributed by atoms with van der Waals surface area (Å²) in [6.45, 7) is 6.56. The van der Waals surface area contributed by atoms with E-state index in [0.717, 1.165) is 18.5 Å². The number of aliphatic hydroxyl groups excluding tert-OH is 1. The molecule has 31 heavy (non-hydrogen) atoms. The molecule has 0 aromatic rings. The molecule has 0 aromatic carbocycles. The molecule has 174 valence electrons. The lowest BCUT2D eigenvalue weighted by molar-refractivity contribution is -0.177. The Morgan fingerprint density at radius 2 is 2.03 bits per heavy atom. The van der Waals surface area contributed by atoms with Crippen LogP contribution in [0.2, 0.25) is 12.1 Å². The summed E-state index contributed by atoms with van der Waals surface area (Å²) in [6, 6.07) is 1.61. The van der Waals surface area contributed by atoms with E-state index in [4.69, 9.17) is 9.47 Å². The van der Waals surface area contributed by atoms with E-state index in [1.165, 1.54) is 28.4 Å². The first-order valence-corrected chi connectivity index (χ1v) is 14.7. The first-order chi connectivity index (χ1) is 14.6. The molecule has 3 heterocycles. The molecule has 5 atom stereocenters. The quantitative estimate of drug-likeness (QED) is 0.218. The van der Waals surface area contributed by atoms with Gasteiger partial charge in [0, 0.05) is 5.25 Å². The molecule has 0 aromatic heterocycles.